The molecule has 0 unspecified atom stereocenters. The van der Waals surface area contributed by atoms with Gasteiger partial charge >= 0.3 is 0 Å². The zero-order valence-electron chi connectivity index (χ0n) is 17.2. The summed E-state index contributed by atoms with van der Waals surface area (Å²) in [5.41, 5.74) is 17.0. The summed E-state index contributed by atoms with van der Waals surface area (Å²) in [5.74, 6) is 0.0883. The van der Waals surface area contributed by atoms with Crippen LogP contribution in [0.1, 0.15) is 10.4 Å². The van der Waals surface area contributed by atoms with E-state index in [9.17, 15) is 4.79 Å². The molecule has 0 aliphatic carbocycles. The lowest BCUT2D eigenvalue weighted by molar-refractivity contribution is 0.0962. The van der Waals surface area contributed by atoms with Gasteiger partial charge < -0.3 is 5.73 Å². The van der Waals surface area contributed by atoms with Crippen molar-refractivity contribution in [3.8, 4) is 0 Å². The lowest BCUT2D eigenvalue weighted by Crippen LogP contribution is -2.31. The third-order valence-electron chi connectivity index (χ3n) is 4.60. The molecule has 0 atom stereocenters. The van der Waals surface area contributed by atoms with Gasteiger partial charge in [0.25, 0.3) is 5.91 Å². The van der Waals surface area contributed by atoms with E-state index >= 15 is 0 Å². The van der Waals surface area contributed by atoms with Gasteiger partial charge in [0.1, 0.15) is 12.0 Å². The Morgan fingerprint density at radius 2 is 1.45 bits per heavy atom. The minimum atomic E-state index is -0.473. The van der Waals surface area contributed by atoms with Gasteiger partial charge in [-0.1, -0.05) is 59.6 Å². The molecule has 0 fully saturated rings. The van der Waals surface area contributed by atoms with Gasteiger partial charge in [-0.25, -0.2) is 9.97 Å². The summed E-state index contributed by atoms with van der Waals surface area (Å²) in [6, 6.07) is 24.0. The fourth-order valence-electron chi connectivity index (χ4n) is 2.98. The molecule has 1 heterocycles. The quantitative estimate of drug-likeness (QED) is 0.266. The smallest absolute Gasteiger partial charge is 0.271 e. The van der Waals surface area contributed by atoms with E-state index < -0.39 is 5.91 Å². The number of carbonyl (C=O) groups is 1. The number of nitrogens with zero attached hydrogens (tertiary/aromatic N) is 3. The number of nitrogens with one attached hydrogen (secondary N) is 3. The molecule has 1 aromatic heterocycles. The SMILES string of the molecule is Nc1c(NNC(=O)c2ccc(Cl)cc2Cl)ncnc1NN(c1ccccc1)c1ccccc1. The zero-order chi connectivity index (χ0) is 23.2. The number of nitrogens with two attached hydrogens (primary N) is 1. The van der Waals surface area contributed by atoms with E-state index in [0.29, 0.717) is 10.8 Å². The maximum atomic E-state index is 12.5. The Balaban J connectivity index is 1.55. The summed E-state index contributed by atoms with van der Waals surface area (Å²) in [6.07, 6.45) is 1.33. The maximum Gasteiger partial charge on any atom is 0.271 e. The summed E-state index contributed by atoms with van der Waals surface area (Å²) in [5, 5.41) is 2.50. The van der Waals surface area contributed by atoms with Crippen LogP contribution >= 0.6 is 23.2 Å². The van der Waals surface area contributed by atoms with Crippen molar-refractivity contribution in [3.63, 3.8) is 0 Å². The van der Waals surface area contributed by atoms with Crippen molar-refractivity contribution in [2.75, 3.05) is 21.6 Å². The fraction of sp³-hybridized carbons (Fsp3) is 0. The minimum absolute atomic E-state index is 0.205. The molecular formula is C23H19Cl2N7O. The van der Waals surface area contributed by atoms with Crippen LogP contribution in [0.25, 0.3) is 0 Å². The molecule has 8 nitrogen and oxygen atoms in total. The van der Waals surface area contributed by atoms with Gasteiger partial charge in [-0.3, -0.25) is 26.1 Å². The second kappa shape index (κ2) is 10.1. The van der Waals surface area contributed by atoms with Crippen LogP contribution in [0.4, 0.5) is 28.7 Å². The summed E-state index contributed by atoms with van der Waals surface area (Å²) >= 11 is 12.0. The second-order valence-electron chi connectivity index (χ2n) is 6.81. The van der Waals surface area contributed by atoms with E-state index in [2.05, 4.69) is 26.2 Å². The van der Waals surface area contributed by atoms with Crippen LogP contribution in [0.5, 0.6) is 0 Å². The Bertz CT molecular complexity index is 1220. The molecule has 0 bridgehead atoms. The molecule has 4 aromatic rings. The highest BCUT2D eigenvalue weighted by Crippen LogP contribution is 2.29. The van der Waals surface area contributed by atoms with Gasteiger partial charge in [-0.05, 0) is 42.5 Å². The molecule has 0 saturated carbocycles. The third kappa shape index (κ3) is 5.25. The van der Waals surface area contributed by atoms with Gasteiger partial charge in [0.15, 0.2) is 11.6 Å². The van der Waals surface area contributed by atoms with Gasteiger partial charge in [0, 0.05) is 5.02 Å². The van der Waals surface area contributed by atoms with Crippen LogP contribution < -0.4 is 27.0 Å². The molecular weight excluding hydrogens is 461 g/mol. The largest absolute Gasteiger partial charge is 0.393 e. The number of amides is 1. The number of hydrazine groups is 2. The first-order chi connectivity index (χ1) is 16.0. The molecule has 10 heteroatoms. The zero-order valence-corrected chi connectivity index (χ0v) is 18.7. The Morgan fingerprint density at radius 3 is 2.06 bits per heavy atom. The van der Waals surface area contributed by atoms with Crippen LogP contribution in [0.15, 0.2) is 85.2 Å². The van der Waals surface area contributed by atoms with Crippen LogP contribution in [-0.4, -0.2) is 15.9 Å². The normalized spacial score (nSPS) is 10.4. The fourth-order valence-corrected chi connectivity index (χ4v) is 3.47. The standard InChI is InChI=1S/C23H19Cl2N7O/c24-15-11-12-18(19(25)13-15)23(33)30-29-21-20(26)22(28-14-27-21)31-32(16-7-3-1-4-8-16)17-9-5-2-6-10-17/h1-14H,26H2,(H,30,33)(H2,27,28,29,31). The van der Waals surface area contributed by atoms with E-state index in [4.69, 9.17) is 28.9 Å². The minimum Gasteiger partial charge on any atom is -0.393 e. The molecule has 0 aliphatic rings. The summed E-state index contributed by atoms with van der Waals surface area (Å²) in [7, 11) is 0. The molecule has 166 valence electrons. The third-order valence-corrected chi connectivity index (χ3v) is 5.15. The van der Waals surface area contributed by atoms with Crippen LogP contribution in [0.2, 0.25) is 10.0 Å². The molecule has 1 amide bonds. The number of rotatable bonds is 7. The lowest BCUT2D eigenvalue weighted by Gasteiger charge is -2.26. The number of benzene rings is 3. The molecule has 0 saturated heterocycles. The average molecular weight is 480 g/mol. The highest BCUT2D eigenvalue weighted by atomic mass is 35.5. The number of hydrogen-bond donors (Lipinski definition) is 4. The van der Waals surface area contributed by atoms with Crippen molar-refractivity contribution >= 4 is 57.8 Å². The Labute approximate surface area is 200 Å². The molecule has 0 spiro atoms. The van der Waals surface area contributed by atoms with E-state index in [0.717, 1.165) is 11.4 Å². The maximum absolute atomic E-state index is 12.5. The Hall–Kier alpha value is -4.01. The average Bonchev–Trinajstić information content (AvgIpc) is 2.83. The van der Waals surface area contributed by atoms with Gasteiger partial charge in [0.05, 0.1) is 22.0 Å². The van der Waals surface area contributed by atoms with Crippen LogP contribution in [0.3, 0.4) is 0 Å². The molecule has 0 radical (unpaired) electrons. The highest BCUT2D eigenvalue weighted by Gasteiger charge is 2.16. The van der Waals surface area contributed by atoms with Gasteiger partial charge in [-0.2, -0.15) is 0 Å². The predicted octanol–water partition coefficient (Wildman–Crippen LogP) is 5.29. The second-order valence-corrected chi connectivity index (χ2v) is 7.65. The summed E-state index contributed by atoms with van der Waals surface area (Å²) < 4.78 is 0. The topological polar surface area (TPSA) is 108 Å². The number of aromatic nitrogens is 2. The van der Waals surface area contributed by atoms with Crippen LogP contribution in [-0.2, 0) is 0 Å². The number of nitrogen functional groups attached to an aromatic ring is 1. The van der Waals surface area contributed by atoms with E-state index in [1.165, 1.54) is 18.5 Å². The van der Waals surface area contributed by atoms with E-state index in [-0.39, 0.29) is 22.1 Å². The molecule has 4 rings (SSSR count). The van der Waals surface area contributed by atoms with Crippen molar-refractivity contribution in [1.82, 2.24) is 15.4 Å². The van der Waals surface area contributed by atoms with Crippen LogP contribution in [0, 0.1) is 0 Å². The first-order valence-electron chi connectivity index (χ1n) is 9.81. The predicted molar refractivity (Wildman–Crippen MR) is 133 cm³/mol. The first-order valence-corrected chi connectivity index (χ1v) is 10.6. The van der Waals surface area contributed by atoms with Crippen molar-refractivity contribution in [2.24, 2.45) is 0 Å². The van der Waals surface area contributed by atoms with Crippen molar-refractivity contribution in [2.45, 2.75) is 0 Å². The number of anilines is 5. The molecule has 5 N–H and O–H groups in total. The Kier molecular flexibility index (Phi) is 6.77. The molecule has 33 heavy (non-hydrogen) atoms. The van der Waals surface area contributed by atoms with E-state index in [1.807, 2.05) is 65.7 Å². The number of carbonyl (C=O) groups excluding carboxylic acids is 1. The number of para-hydroxylation sites is 2. The Morgan fingerprint density at radius 1 is 0.848 bits per heavy atom. The molecule has 3 aromatic carbocycles. The monoisotopic (exact) mass is 479 g/mol. The number of hydrogen-bond acceptors (Lipinski definition) is 7. The van der Waals surface area contributed by atoms with Gasteiger partial charge in [0.2, 0.25) is 0 Å². The first kappa shape index (κ1) is 22.2. The van der Waals surface area contributed by atoms with Crippen molar-refractivity contribution in [3.05, 3.63) is 101 Å². The van der Waals surface area contributed by atoms with Gasteiger partial charge in [-0.15, -0.1) is 0 Å². The molecule has 0 aliphatic heterocycles. The van der Waals surface area contributed by atoms with Crippen molar-refractivity contribution in [1.29, 1.82) is 0 Å². The summed E-state index contributed by atoms with van der Waals surface area (Å²) in [4.78, 5) is 20.9. The van der Waals surface area contributed by atoms with E-state index in [1.54, 1.807) is 6.07 Å². The highest BCUT2D eigenvalue weighted by molar-refractivity contribution is 6.36. The summed E-state index contributed by atoms with van der Waals surface area (Å²) in [6.45, 7) is 0. The lowest BCUT2D eigenvalue weighted by atomic mass is 10.2. The van der Waals surface area contributed by atoms with Crippen molar-refractivity contribution < 1.29 is 4.79 Å². The number of halogens is 2.